The molecule has 0 rings (SSSR count). The summed E-state index contributed by atoms with van der Waals surface area (Å²) < 4.78 is 16.9. The zero-order valence-electron chi connectivity index (χ0n) is 52.6. The SMILES string of the molecule is CC/C=C\C/C=C\C/C=C\C/C=C\C/C=C\C/C=C\C/C=C\CCCCCCCCCCCCCC(=O)OCC(COC(=O)CCCCCCC/C=C\CCCCC)OC(=O)CCCCCCCCC/C=C\CCCCCCCC. The van der Waals surface area contributed by atoms with Gasteiger partial charge in [-0.15, -0.1) is 0 Å². The molecule has 1 atom stereocenters. The molecular formula is C74H126O6. The van der Waals surface area contributed by atoms with Crippen molar-refractivity contribution in [2.75, 3.05) is 13.2 Å². The summed E-state index contributed by atoms with van der Waals surface area (Å²) in [7, 11) is 0. The third-order valence-corrected chi connectivity index (χ3v) is 14.5. The number of hydrogen-bond donors (Lipinski definition) is 0. The molecule has 458 valence electrons. The molecule has 0 aliphatic rings. The summed E-state index contributed by atoms with van der Waals surface area (Å²) in [5.74, 6) is -0.889. The summed E-state index contributed by atoms with van der Waals surface area (Å²) in [5.41, 5.74) is 0. The molecule has 0 aliphatic heterocycles. The number of allylic oxidation sites excluding steroid dienone is 18. The van der Waals surface area contributed by atoms with Gasteiger partial charge in [-0.05, 0) is 128 Å². The summed E-state index contributed by atoms with van der Waals surface area (Å²) in [6, 6.07) is 0. The van der Waals surface area contributed by atoms with Gasteiger partial charge in [0.1, 0.15) is 13.2 Å². The maximum atomic E-state index is 12.9. The minimum absolute atomic E-state index is 0.0824. The number of carbonyl (C=O) groups excluding carboxylic acids is 3. The highest BCUT2D eigenvalue weighted by molar-refractivity contribution is 5.71. The van der Waals surface area contributed by atoms with E-state index >= 15 is 0 Å². The summed E-state index contributed by atoms with van der Waals surface area (Å²) in [4.78, 5) is 38.3. The van der Waals surface area contributed by atoms with Crippen LogP contribution >= 0.6 is 0 Å². The number of carbonyl (C=O) groups is 3. The third kappa shape index (κ3) is 64.9. The van der Waals surface area contributed by atoms with Gasteiger partial charge in [0, 0.05) is 19.3 Å². The van der Waals surface area contributed by atoms with Crippen LogP contribution in [-0.4, -0.2) is 37.2 Å². The first-order chi connectivity index (χ1) is 39.5. The fraction of sp³-hybridized carbons (Fsp3) is 0.716. The fourth-order valence-corrected chi connectivity index (χ4v) is 9.41. The van der Waals surface area contributed by atoms with Gasteiger partial charge in [-0.3, -0.25) is 14.4 Å². The van der Waals surface area contributed by atoms with Crippen LogP contribution in [0, 0.1) is 0 Å². The minimum Gasteiger partial charge on any atom is -0.462 e. The second-order valence-corrected chi connectivity index (χ2v) is 22.3. The van der Waals surface area contributed by atoms with Crippen molar-refractivity contribution in [2.24, 2.45) is 0 Å². The molecule has 0 radical (unpaired) electrons. The van der Waals surface area contributed by atoms with Crippen LogP contribution in [0.2, 0.25) is 0 Å². The van der Waals surface area contributed by atoms with Gasteiger partial charge in [-0.1, -0.05) is 284 Å². The lowest BCUT2D eigenvalue weighted by atomic mass is 10.0. The van der Waals surface area contributed by atoms with Crippen molar-refractivity contribution in [2.45, 2.75) is 329 Å². The Labute approximate surface area is 495 Å². The van der Waals surface area contributed by atoms with E-state index in [2.05, 4.69) is 130 Å². The Morgan fingerprint density at radius 1 is 0.263 bits per heavy atom. The number of rotatable bonds is 61. The Morgan fingerprint density at radius 3 is 0.800 bits per heavy atom. The Hall–Kier alpha value is -3.93. The lowest BCUT2D eigenvalue weighted by Gasteiger charge is -2.18. The van der Waals surface area contributed by atoms with Crippen molar-refractivity contribution in [3.63, 3.8) is 0 Å². The molecule has 0 bridgehead atoms. The van der Waals surface area contributed by atoms with Gasteiger partial charge in [-0.25, -0.2) is 0 Å². The van der Waals surface area contributed by atoms with Gasteiger partial charge >= 0.3 is 17.9 Å². The van der Waals surface area contributed by atoms with Crippen LogP contribution in [0.3, 0.4) is 0 Å². The van der Waals surface area contributed by atoms with Crippen molar-refractivity contribution >= 4 is 17.9 Å². The highest BCUT2D eigenvalue weighted by Gasteiger charge is 2.19. The number of ether oxygens (including phenoxy) is 3. The lowest BCUT2D eigenvalue weighted by Crippen LogP contribution is -2.30. The number of esters is 3. The Morgan fingerprint density at radius 2 is 0.487 bits per heavy atom. The van der Waals surface area contributed by atoms with E-state index in [1.165, 1.54) is 173 Å². The van der Waals surface area contributed by atoms with Crippen LogP contribution in [0.15, 0.2) is 109 Å². The van der Waals surface area contributed by atoms with Gasteiger partial charge in [0.15, 0.2) is 6.10 Å². The van der Waals surface area contributed by atoms with Crippen molar-refractivity contribution < 1.29 is 28.6 Å². The zero-order chi connectivity index (χ0) is 57.8. The van der Waals surface area contributed by atoms with Crippen molar-refractivity contribution in [3.05, 3.63) is 109 Å². The molecule has 0 aliphatic carbocycles. The van der Waals surface area contributed by atoms with E-state index in [0.717, 1.165) is 109 Å². The topological polar surface area (TPSA) is 78.9 Å². The first-order valence-electron chi connectivity index (χ1n) is 33.9. The predicted octanol–water partition coefficient (Wildman–Crippen LogP) is 23.4. The van der Waals surface area contributed by atoms with E-state index in [1.807, 2.05) is 0 Å². The first-order valence-corrected chi connectivity index (χ1v) is 33.9. The predicted molar refractivity (Wildman–Crippen MR) is 348 cm³/mol. The van der Waals surface area contributed by atoms with Crippen molar-refractivity contribution in [1.29, 1.82) is 0 Å². The second-order valence-electron chi connectivity index (χ2n) is 22.3. The maximum Gasteiger partial charge on any atom is 0.306 e. The molecule has 0 saturated heterocycles. The molecule has 0 amide bonds. The molecule has 0 heterocycles. The number of unbranched alkanes of at least 4 members (excludes halogenated alkanes) is 32. The zero-order valence-corrected chi connectivity index (χ0v) is 52.6. The maximum absolute atomic E-state index is 12.9. The quantitative estimate of drug-likeness (QED) is 0.0261. The molecule has 0 aromatic rings. The summed E-state index contributed by atoms with van der Waals surface area (Å²) >= 11 is 0. The van der Waals surface area contributed by atoms with Crippen LogP contribution in [0.4, 0.5) is 0 Å². The minimum atomic E-state index is -0.785. The van der Waals surface area contributed by atoms with Gasteiger partial charge in [0.05, 0.1) is 0 Å². The monoisotopic (exact) mass is 1110 g/mol. The molecule has 0 aromatic heterocycles. The normalized spacial score (nSPS) is 12.8. The molecule has 0 N–H and O–H groups in total. The van der Waals surface area contributed by atoms with Gasteiger partial charge in [0.2, 0.25) is 0 Å². The summed E-state index contributed by atoms with van der Waals surface area (Å²) in [5, 5.41) is 0. The average molecular weight is 1110 g/mol. The fourth-order valence-electron chi connectivity index (χ4n) is 9.41. The molecular weight excluding hydrogens is 985 g/mol. The van der Waals surface area contributed by atoms with Crippen LogP contribution in [0.5, 0.6) is 0 Å². The standard InChI is InChI=1S/C74H126O6/c1-4-7-10-13-16-19-22-25-27-29-30-31-32-33-34-35-36-37-38-39-40-41-42-43-44-46-47-49-52-55-58-61-64-67-73(76)79-70-71(69-78-72(75)66-63-60-57-54-51-24-21-18-15-12-9-6-3)80-74(77)68-65-62-59-56-53-50-48-45-28-26-23-20-17-14-11-8-5-2/h7,10,16,18-19,21,25-28,30-31,33-34,36-37,39-40,71H,4-6,8-9,11-15,17,20,22-24,29,32,35,38,41-70H2,1-3H3/b10-7-,19-16-,21-18-,27-25-,28-26-,31-30-,34-33-,37-36-,40-39-. The summed E-state index contributed by atoms with van der Waals surface area (Å²) in [6.07, 6.45) is 92.5. The van der Waals surface area contributed by atoms with Gasteiger partial charge in [-0.2, -0.15) is 0 Å². The molecule has 0 saturated carbocycles. The molecule has 0 fully saturated rings. The third-order valence-electron chi connectivity index (χ3n) is 14.5. The van der Waals surface area contributed by atoms with E-state index < -0.39 is 6.10 Å². The van der Waals surface area contributed by atoms with Crippen LogP contribution in [0.25, 0.3) is 0 Å². The molecule has 80 heavy (non-hydrogen) atoms. The molecule has 0 aromatic carbocycles. The smallest absolute Gasteiger partial charge is 0.306 e. The van der Waals surface area contributed by atoms with E-state index in [9.17, 15) is 14.4 Å². The van der Waals surface area contributed by atoms with E-state index in [1.54, 1.807) is 0 Å². The highest BCUT2D eigenvalue weighted by Crippen LogP contribution is 2.16. The molecule has 6 nitrogen and oxygen atoms in total. The molecule has 0 spiro atoms. The van der Waals surface area contributed by atoms with Crippen LogP contribution in [0.1, 0.15) is 323 Å². The van der Waals surface area contributed by atoms with Gasteiger partial charge in [0.25, 0.3) is 0 Å². The van der Waals surface area contributed by atoms with Crippen molar-refractivity contribution in [1.82, 2.24) is 0 Å². The highest BCUT2D eigenvalue weighted by atomic mass is 16.6. The first kappa shape index (κ1) is 76.1. The van der Waals surface area contributed by atoms with E-state index in [4.69, 9.17) is 14.2 Å². The van der Waals surface area contributed by atoms with Gasteiger partial charge < -0.3 is 14.2 Å². The Balaban J connectivity index is 4.22. The van der Waals surface area contributed by atoms with E-state index in [0.29, 0.717) is 19.3 Å². The Bertz CT molecular complexity index is 1610. The van der Waals surface area contributed by atoms with Crippen molar-refractivity contribution in [3.8, 4) is 0 Å². The largest absolute Gasteiger partial charge is 0.462 e. The lowest BCUT2D eigenvalue weighted by molar-refractivity contribution is -0.167. The molecule has 6 heteroatoms. The van der Waals surface area contributed by atoms with Crippen LogP contribution < -0.4 is 0 Å². The average Bonchev–Trinajstić information content (AvgIpc) is 3.46. The van der Waals surface area contributed by atoms with Crippen LogP contribution in [-0.2, 0) is 28.6 Å². The Kier molecular flexibility index (Phi) is 64.3. The summed E-state index contributed by atoms with van der Waals surface area (Å²) in [6.45, 7) is 6.51. The molecule has 1 unspecified atom stereocenters. The van der Waals surface area contributed by atoms with E-state index in [-0.39, 0.29) is 31.1 Å². The number of hydrogen-bond acceptors (Lipinski definition) is 6. The second kappa shape index (κ2) is 67.6.